The zero-order chi connectivity index (χ0) is 16.6. The van der Waals surface area contributed by atoms with Crippen LogP contribution in [-0.2, 0) is 11.2 Å². The highest BCUT2D eigenvalue weighted by atomic mass is 79.9. The number of benzene rings is 1. The number of nitrogens with zero attached hydrogens (tertiary/aromatic N) is 3. The van der Waals surface area contributed by atoms with E-state index >= 15 is 0 Å². The summed E-state index contributed by atoms with van der Waals surface area (Å²) in [5.74, 6) is 0.235. The molecule has 1 aromatic rings. The number of anilines is 1. The third-order valence-corrected chi connectivity index (χ3v) is 5.19. The van der Waals surface area contributed by atoms with Crippen LogP contribution in [0.5, 0.6) is 0 Å². The van der Waals surface area contributed by atoms with Crippen LogP contribution in [0.4, 0.5) is 10.5 Å². The summed E-state index contributed by atoms with van der Waals surface area (Å²) in [6.45, 7) is 2.09. The van der Waals surface area contributed by atoms with E-state index in [9.17, 15) is 9.59 Å². The number of piperidine rings is 1. The Morgan fingerprint density at radius 1 is 1.17 bits per heavy atom. The number of hydrogen-bond donors (Lipinski definition) is 0. The minimum absolute atomic E-state index is 0.0239. The predicted molar refractivity (Wildman–Crippen MR) is 93.6 cm³/mol. The lowest BCUT2D eigenvalue weighted by molar-refractivity contribution is -0.123. The lowest BCUT2D eigenvalue weighted by atomic mass is 9.95. The number of urea groups is 1. The monoisotopic (exact) mass is 379 g/mol. The average molecular weight is 380 g/mol. The van der Waals surface area contributed by atoms with Crippen molar-refractivity contribution in [3.63, 3.8) is 0 Å². The average Bonchev–Trinajstić information content (AvgIpc) is 2.96. The fourth-order valence-electron chi connectivity index (χ4n) is 3.42. The van der Waals surface area contributed by atoms with Crippen LogP contribution in [0.25, 0.3) is 0 Å². The quantitative estimate of drug-likeness (QED) is 0.752. The molecule has 0 bridgehead atoms. The Kier molecular flexibility index (Phi) is 4.62. The molecule has 0 atom stereocenters. The molecule has 0 aromatic heterocycles. The molecule has 6 heteroatoms. The SMILES string of the molecule is CN(C)C(=O)N1CCC(C(=O)N2CCc3cc(Br)ccc32)CC1. The molecule has 3 amide bonds. The molecule has 0 unspecified atom stereocenters. The zero-order valence-corrected chi connectivity index (χ0v) is 15.2. The summed E-state index contributed by atoms with van der Waals surface area (Å²) < 4.78 is 1.06. The van der Waals surface area contributed by atoms with E-state index in [0.29, 0.717) is 13.1 Å². The van der Waals surface area contributed by atoms with Crippen LogP contribution in [-0.4, -0.2) is 55.5 Å². The second-order valence-electron chi connectivity index (χ2n) is 6.45. The molecule has 1 aromatic carbocycles. The van der Waals surface area contributed by atoms with Crippen molar-refractivity contribution in [2.24, 2.45) is 5.92 Å². The largest absolute Gasteiger partial charge is 0.331 e. The number of halogens is 1. The topological polar surface area (TPSA) is 43.9 Å². The van der Waals surface area contributed by atoms with Gasteiger partial charge in [0.25, 0.3) is 0 Å². The van der Waals surface area contributed by atoms with Crippen molar-refractivity contribution in [1.82, 2.24) is 9.80 Å². The second kappa shape index (κ2) is 6.51. The van der Waals surface area contributed by atoms with Crippen LogP contribution in [0, 0.1) is 5.92 Å². The summed E-state index contributed by atoms with van der Waals surface area (Å²) in [5.41, 5.74) is 2.28. The number of amides is 3. The van der Waals surface area contributed by atoms with Gasteiger partial charge in [-0.25, -0.2) is 4.79 Å². The Bertz CT molecular complexity index is 624. The van der Waals surface area contributed by atoms with Crippen molar-refractivity contribution >= 4 is 33.6 Å². The van der Waals surface area contributed by atoms with E-state index in [-0.39, 0.29) is 17.9 Å². The lowest BCUT2D eigenvalue weighted by Crippen LogP contribution is -2.47. The summed E-state index contributed by atoms with van der Waals surface area (Å²) in [7, 11) is 3.53. The van der Waals surface area contributed by atoms with Crippen LogP contribution in [0.1, 0.15) is 18.4 Å². The van der Waals surface area contributed by atoms with Crippen molar-refractivity contribution in [2.75, 3.05) is 38.6 Å². The molecule has 2 heterocycles. The van der Waals surface area contributed by atoms with Gasteiger partial charge in [-0.15, -0.1) is 0 Å². The minimum atomic E-state index is 0.0239. The molecule has 5 nitrogen and oxygen atoms in total. The summed E-state index contributed by atoms with van der Waals surface area (Å²) in [5, 5.41) is 0. The molecule has 0 aliphatic carbocycles. The van der Waals surface area contributed by atoms with Gasteiger partial charge in [0.05, 0.1) is 0 Å². The van der Waals surface area contributed by atoms with Crippen LogP contribution in [0.15, 0.2) is 22.7 Å². The molecule has 2 aliphatic rings. The van der Waals surface area contributed by atoms with Gasteiger partial charge in [0.2, 0.25) is 5.91 Å². The maximum absolute atomic E-state index is 12.9. The first kappa shape index (κ1) is 16.3. The Balaban J connectivity index is 1.64. The van der Waals surface area contributed by atoms with Gasteiger partial charge in [0, 0.05) is 49.8 Å². The van der Waals surface area contributed by atoms with E-state index in [4.69, 9.17) is 0 Å². The van der Waals surface area contributed by atoms with Gasteiger partial charge in [-0.05, 0) is 43.0 Å². The summed E-state index contributed by atoms with van der Waals surface area (Å²) in [4.78, 5) is 30.2. The van der Waals surface area contributed by atoms with Gasteiger partial charge < -0.3 is 14.7 Å². The van der Waals surface area contributed by atoms with Gasteiger partial charge >= 0.3 is 6.03 Å². The molecule has 0 spiro atoms. The molecule has 1 fully saturated rings. The zero-order valence-electron chi connectivity index (χ0n) is 13.6. The van der Waals surface area contributed by atoms with Gasteiger partial charge in [-0.3, -0.25) is 4.79 Å². The number of fused-ring (bicyclic) bond motifs is 1. The van der Waals surface area contributed by atoms with Crippen LogP contribution < -0.4 is 4.90 Å². The lowest BCUT2D eigenvalue weighted by Gasteiger charge is -2.34. The Hall–Kier alpha value is -1.56. The van der Waals surface area contributed by atoms with Crippen molar-refractivity contribution in [3.8, 4) is 0 Å². The summed E-state index contributed by atoms with van der Waals surface area (Å²) in [6, 6.07) is 6.14. The van der Waals surface area contributed by atoms with Crippen LogP contribution >= 0.6 is 15.9 Å². The molecular weight excluding hydrogens is 358 g/mol. The molecule has 23 heavy (non-hydrogen) atoms. The minimum Gasteiger partial charge on any atom is -0.331 e. The molecule has 1 saturated heterocycles. The number of carbonyl (C=O) groups is 2. The molecule has 124 valence electrons. The van der Waals surface area contributed by atoms with Crippen LogP contribution in [0.3, 0.4) is 0 Å². The maximum atomic E-state index is 12.9. The van der Waals surface area contributed by atoms with Gasteiger partial charge in [-0.1, -0.05) is 15.9 Å². The number of hydrogen-bond acceptors (Lipinski definition) is 2. The van der Waals surface area contributed by atoms with E-state index in [0.717, 1.165) is 36.0 Å². The normalized spacial score (nSPS) is 18.0. The highest BCUT2D eigenvalue weighted by Gasteiger charge is 2.33. The fourth-order valence-corrected chi connectivity index (χ4v) is 3.83. The van der Waals surface area contributed by atoms with E-state index < -0.39 is 0 Å². The smallest absolute Gasteiger partial charge is 0.319 e. The van der Waals surface area contributed by atoms with E-state index in [1.54, 1.807) is 19.0 Å². The second-order valence-corrected chi connectivity index (χ2v) is 7.37. The highest BCUT2D eigenvalue weighted by molar-refractivity contribution is 9.10. The van der Waals surface area contributed by atoms with E-state index in [1.807, 2.05) is 21.9 Å². The molecule has 3 rings (SSSR count). The molecule has 0 saturated carbocycles. The number of carbonyl (C=O) groups excluding carboxylic acids is 2. The van der Waals surface area contributed by atoms with Crippen molar-refractivity contribution in [3.05, 3.63) is 28.2 Å². The maximum Gasteiger partial charge on any atom is 0.319 e. The summed E-state index contributed by atoms with van der Waals surface area (Å²) >= 11 is 3.49. The molecule has 0 radical (unpaired) electrons. The first-order valence-corrected chi connectivity index (χ1v) is 8.82. The molecule has 0 N–H and O–H groups in total. The summed E-state index contributed by atoms with van der Waals surface area (Å²) in [6.07, 6.45) is 2.42. The Labute approximate surface area is 145 Å². The number of likely N-dealkylation sites (tertiary alicyclic amines) is 1. The van der Waals surface area contributed by atoms with Crippen molar-refractivity contribution in [1.29, 1.82) is 0 Å². The third kappa shape index (κ3) is 3.22. The molecular formula is C17H22BrN3O2. The Morgan fingerprint density at radius 2 is 1.87 bits per heavy atom. The molecule has 2 aliphatic heterocycles. The first-order chi connectivity index (χ1) is 11.0. The van der Waals surface area contributed by atoms with E-state index in [1.165, 1.54) is 5.56 Å². The van der Waals surface area contributed by atoms with Crippen molar-refractivity contribution < 1.29 is 9.59 Å². The van der Waals surface area contributed by atoms with Crippen LogP contribution in [0.2, 0.25) is 0 Å². The van der Waals surface area contributed by atoms with Gasteiger partial charge in [-0.2, -0.15) is 0 Å². The predicted octanol–water partition coefficient (Wildman–Crippen LogP) is 2.73. The van der Waals surface area contributed by atoms with E-state index in [2.05, 4.69) is 22.0 Å². The first-order valence-electron chi connectivity index (χ1n) is 8.03. The van der Waals surface area contributed by atoms with Crippen molar-refractivity contribution in [2.45, 2.75) is 19.3 Å². The van der Waals surface area contributed by atoms with Gasteiger partial charge in [0.15, 0.2) is 0 Å². The van der Waals surface area contributed by atoms with Gasteiger partial charge in [0.1, 0.15) is 0 Å². The number of rotatable bonds is 1. The fraction of sp³-hybridized carbons (Fsp3) is 0.529. The highest BCUT2D eigenvalue weighted by Crippen LogP contribution is 2.33. The standard InChI is InChI=1S/C17H22BrN3O2/c1-19(2)17(23)20-8-5-12(6-9-20)16(22)21-10-7-13-11-14(18)3-4-15(13)21/h3-4,11-12H,5-10H2,1-2H3. The third-order valence-electron chi connectivity index (χ3n) is 4.70. The Morgan fingerprint density at radius 3 is 2.52 bits per heavy atom.